The number of likely N-dealkylation sites (N-methyl/N-ethyl adjacent to an activating group) is 1. The van der Waals surface area contributed by atoms with Crippen molar-refractivity contribution >= 4 is 23.2 Å². The van der Waals surface area contributed by atoms with Crippen LogP contribution in [0.3, 0.4) is 0 Å². The normalized spacial score (nSPS) is 26.7. The number of rotatable bonds is 6. The van der Waals surface area contributed by atoms with Crippen molar-refractivity contribution in [3.8, 4) is 0 Å². The Morgan fingerprint density at radius 1 is 1.14 bits per heavy atom. The van der Waals surface area contributed by atoms with Crippen LogP contribution in [-0.2, 0) is 9.59 Å². The van der Waals surface area contributed by atoms with Crippen LogP contribution in [0.25, 0.3) is 0 Å². The molecular formula is C22H35F2N9O2. The summed E-state index contributed by atoms with van der Waals surface area (Å²) in [7, 11) is 1.96. The van der Waals surface area contributed by atoms with Crippen LogP contribution in [0.2, 0.25) is 0 Å². The summed E-state index contributed by atoms with van der Waals surface area (Å²) >= 11 is 0. The van der Waals surface area contributed by atoms with Gasteiger partial charge in [0.1, 0.15) is 11.9 Å². The molecule has 1 unspecified atom stereocenters. The molecule has 3 aliphatic rings. The molecule has 0 spiro atoms. The van der Waals surface area contributed by atoms with E-state index in [4.69, 9.17) is 11.5 Å². The van der Waals surface area contributed by atoms with Crippen LogP contribution in [-0.4, -0.2) is 104 Å². The third-order valence-corrected chi connectivity index (χ3v) is 7.04. The number of anilines is 2. The third kappa shape index (κ3) is 5.70. The number of amides is 2. The molecule has 2 amide bonds. The number of nitrogens with one attached hydrogen (secondary N) is 3. The maximum absolute atomic E-state index is 14.9. The Bertz CT molecular complexity index is 905. The van der Waals surface area contributed by atoms with Crippen molar-refractivity contribution in [2.75, 3.05) is 63.1 Å². The van der Waals surface area contributed by atoms with E-state index in [-0.39, 0.29) is 36.4 Å². The average Bonchev–Trinajstić information content (AvgIpc) is 3.26. The first kappa shape index (κ1) is 25.6. The van der Waals surface area contributed by atoms with Gasteiger partial charge in [-0.15, -0.1) is 0 Å². The van der Waals surface area contributed by atoms with E-state index < -0.39 is 36.1 Å². The third-order valence-electron chi connectivity index (χ3n) is 7.04. The van der Waals surface area contributed by atoms with Gasteiger partial charge in [-0.3, -0.25) is 30.1 Å². The highest BCUT2D eigenvalue weighted by Gasteiger charge is 2.36. The Kier molecular flexibility index (Phi) is 8.12. The van der Waals surface area contributed by atoms with Crippen LogP contribution >= 0.6 is 0 Å². The maximum atomic E-state index is 14.9. The first-order chi connectivity index (χ1) is 16.8. The molecule has 1 aromatic heterocycles. The number of piperazine rings is 1. The Hall–Kier alpha value is -2.45. The van der Waals surface area contributed by atoms with Gasteiger partial charge in [0.2, 0.25) is 11.8 Å². The zero-order chi connectivity index (χ0) is 25.1. The molecular weight excluding hydrogens is 460 g/mol. The largest absolute Gasteiger partial charge is 0.364 e. The van der Waals surface area contributed by atoms with Crippen molar-refractivity contribution in [2.45, 2.75) is 37.4 Å². The number of halogens is 2. The molecule has 0 radical (unpaired) electrons. The quantitative estimate of drug-likeness (QED) is 0.302. The number of carbonyl (C=O) groups excluding carboxylic acids is 2. The van der Waals surface area contributed by atoms with E-state index in [0.29, 0.717) is 26.2 Å². The molecule has 3 saturated heterocycles. The lowest BCUT2D eigenvalue weighted by Gasteiger charge is -2.39. The SMILES string of the molecule is CN1CCC[C@H]1C(=O)N1CCN(c2c(F)cncc2NC(=O)C(C(N)N)C2NCC(F)CN2)CC1. The number of aromatic nitrogens is 1. The number of pyridine rings is 1. The van der Waals surface area contributed by atoms with Gasteiger partial charge in [0.05, 0.1) is 42.4 Å². The van der Waals surface area contributed by atoms with Crippen LogP contribution in [0, 0.1) is 11.7 Å². The van der Waals surface area contributed by atoms with Gasteiger partial charge in [0, 0.05) is 39.3 Å². The van der Waals surface area contributed by atoms with Gasteiger partial charge in [-0.1, -0.05) is 0 Å². The Balaban J connectivity index is 1.44. The maximum Gasteiger partial charge on any atom is 0.240 e. The summed E-state index contributed by atoms with van der Waals surface area (Å²) < 4.78 is 28.4. The molecule has 0 aromatic carbocycles. The highest BCUT2D eigenvalue weighted by molar-refractivity contribution is 5.96. The lowest BCUT2D eigenvalue weighted by molar-refractivity contribution is -0.135. The summed E-state index contributed by atoms with van der Waals surface area (Å²) in [6, 6.07) is -0.0962. The van der Waals surface area contributed by atoms with Gasteiger partial charge >= 0.3 is 0 Å². The number of likely N-dealkylation sites (tertiary alicyclic amines) is 1. The summed E-state index contributed by atoms with van der Waals surface area (Å²) in [5.74, 6) is -1.94. The van der Waals surface area contributed by atoms with E-state index in [0.717, 1.165) is 25.6 Å². The fraction of sp³-hybridized carbons (Fsp3) is 0.682. The molecule has 13 heteroatoms. The van der Waals surface area contributed by atoms with Crippen LogP contribution < -0.4 is 32.3 Å². The highest BCUT2D eigenvalue weighted by Crippen LogP contribution is 2.30. The molecule has 0 aliphatic carbocycles. The Morgan fingerprint density at radius 3 is 2.43 bits per heavy atom. The van der Waals surface area contributed by atoms with Crippen molar-refractivity contribution in [2.24, 2.45) is 17.4 Å². The van der Waals surface area contributed by atoms with Crippen molar-refractivity contribution in [1.29, 1.82) is 0 Å². The smallest absolute Gasteiger partial charge is 0.240 e. The molecule has 4 rings (SSSR count). The number of carbonyl (C=O) groups is 2. The molecule has 194 valence electrons. The Labute approximate surface area is 203 Å². The van der Waals surface area contributed by atoms with E-state index in [1.165, 1.54) is 6.20 Å². The number of nitrogens with two attached hydrogens (primary N) is 2. The van der Waals surface area contributed by atoms with Gasteiger partial charge in [-0.25, -0.2) is 8.78 Å². The summed E-state index contributed by atoms with van der Waals surface area (Å²) in [6.45, 7) is 2.78. The molecule has 7 N–H and O–H groups in total. The zero-order valence-corrected chi connectivity index (χ0v) is 19.9. The first-order valence-corrected chi connectivity index (χ1v) is 12.1. The van der Waals surface area contributed by atoms with E-state index in [1.54, 1.807) is 4.90 Å². The van der Waals surface area contributed by atoms with E-state index in [9.17, 15) is 18.4 Å². The van der Waals surface area contributed by atoms with Crippen molar-refractivity contribution < 1.29 is 18.4 Å². The molecule has 0 saturated carbocycles. The standard InChI is InChI=1S/C22H35F2N9O2/c1-31-4-2-3-16(31)22(35)33-7-5-32(6-8-33)18-14(24)11-27-12-15(18)30-21(34)17(19(25)26)20-28-9-13(23)10-29-20/h11-13,16-17,19-20,28-29H,2-10,25-26H2,1H3,(H,30,34)/t13?,16-,17?,20?/m0/s1. The lowest BCUT2D eigenvalue weighted by Crippen LogP contribution is -2.64. The summed E-state index contributed by atoms with van der Waals surface area (Å²) in [4.78, 5) is 35.6. The van der Waals surface area contributed by atoms with Crippen LogP contribution in [0.5, 0.6) is 0 Å². The predicted octanol–water partition coefficient (Wildman–Crippen LogP) is -1.38. The van der Waals surface area contributed by atoms with Crippen LogP contribution in [0.4, 0.5) is 20.2 Å². The Morgan fingerprint density at radius 2 is 1.83 bits per heavy atom. The fourth-order valence-electron chi connectivity index (χ4n) is 5.10. The molecule has 3 fully saturated rings. The average molecular weight is 496 g/mol. The molecule has 35 heavy (non-hydrogen) atoms. The molecule has 2 atom stereocenters. The van der Waals surface area contributed by atoms with Crippen molar-refractivity contribution in [1.82, 2.24) is 25.4 Å². The van der Waals surface area contributed by atoms with E-state index in [1.807, 2.05) is 11.9 Å². The highest BCUT2D eigenvalue weighted by atomic mass is 19.1. The van der Waals surface area contributed by atoms with Gasteiger partial charge in [-0.05, 0) is 26.4 Å². The summed E-state index contributed by atoms with van der Waals surface area (Å²) in [6.07, 6.45) is 1.58. The van der Waals surface area contributed by atoms with E-state index >= 15 is 0 Å². The minimum absolute atomic E-state index is 0.0700. The molecule has 3 aliphatic heterocycles. The topological polar surface area (TPSA) is 145 Å². The van der Waals surface area contributed by atoms with Gasteiger partial charge in [-0.2, -0.15) is 0 Å². The first-order valence-electron chi connectivity index (χ1n) is 12.1. The second kappa shape index (κ2) is 11.1. The molecule has 0 bridgehead atoms. The lowest BCUT2D eigenvalue weighted by atomic mass is 9.99. The van der Waals surface area contributed by atoms with Crippen LogP contribution in [0.1, 0.15) is 12.8 Å². The number of hydrogen-bond donors (Lipinski definition) is 5. The van der Waals surface area contributed by atoms with Crippen molar-refractivity contribution in [3.05, 3.63) is 18.2 Å². The number of alkyl halides is 1. The van der Waals surface area contributed by atoms with Gasteiger partial charge in [0.15, 0.2) is 5.82 Å². The van der Waals surface area contributed by atoms with Crippen molar-refractivity contribution in [3.63, 3.8) is 0 Å². The molecule has 4 heterocycles. The second-order valence-electron chi connectivity index (χ2n) is 9.45. The molecule has 1 aromatic rings. The van der Waals surface area contributed by atoms with Crippen LogP contribution in [0.15, 0.2) is 12.4 Å². The minimum Gasteiger partial charge on any atom is -0.364 e. The summed E-state index contributed by atoms with van der Waals surface area (Å²) in [5, 5.41) is 8.52. The fourth-order valence-corrected chi connectivity index (χ4v) is 5.10. The minimum atomic E-state index is -1.08. The number of hydrogen-bond acceptors (Lipinski definition) is 9. The monoisotopic (exact) mass is 495 g/mol. The van der Waals surface area contributed by atoms with Gasteiger partial charge in [0.25, 0.3) is 0 Å². The van der Waals surface area contributed by atoms with E-state index in [2.05, 4.69) is 25.8 Å². The molecule has 11 nitrogen and oxygen atoms in total. The second-order valence-corrected chi connectivity index (χ2v) is 9.45. The zero-order valence-electron chi connectivity index (χ0n) is 19.9. The summed E-state index contributed by atoms with van der Waals surface area (Å²) in [5.41, 5.74) is 12.1. The predicted molar refractivity (Wildman–Crippen MR) is 128 cm³/mol. The number of nitrogens with zero attached hydrogens (tertiary/aromatic N) is 4. The van der Waals surface area contributed by atoms with Gasteiger partial charge < -0.3 is 26.6 Å².